The standard InChI is InChI=1S/C15H26N4O8/c1-6(2)11(15(26)27)18-9(21)5-17-14(25)12(7(3)20)19-13(24)8(16)4-10(22)23/h6-8,11-12,20H,4-5,16H2,1-3H3,(H,17,25)(H,18,21)(H,19,24)(H,22,23)(H,26,27). The molecule has 27 heavy (non-hydrogen) atoms. The number of hydrogen-bond donors (Lipinski definition) is 7. The maximum absolute atomic E-state index is 12.1. The summed E-state index contributed by atoms with van der Waals surface area (Å²) in [5.41, 5.74) is 5.37. The van der Waals surface area contributed by atoms with E-state index in [9.17, 15) is 29.1 Å². The lowest BCUT2D eigenvalue weighted by Crippen LogP contribution is -2.57. The van der Waals surface area contributed by atoms with Gasteiger partial charge in [-0.25, -0.2) is 4.79 Å². The molecule has 0 radical (unpaired) electrons. The van der Waals surface area contributed by atoms with Crippen LogP contribution in [0.4, 0.5) is 0 Å². The van der Waals surface area contributed by atoms with Gasteiger partial charge in [0, 0.05) is 0 Å². The molecule has 0 saturated heterocycles. The predicted molar refractivity (Wildman–Crippen MR) is 91.3 cm³/mol. The molecule has 0 rings (SSSR count). The highest BCUT2D eigenvalue weighted by Gasteiger charge is 2.29. The summed E-state index contributed by atoms with van der Waals surface area (Å²) < 4.78 is 0. The van der Waals surface area contributed by atoms with Gasteiger partial charge in [0.1, 0.15) is 12.1 Å². The van der Waals surface area contributed by atoms with E-state index in [1.165, 1.54) is 6.92 Å². The first kappa shape index (κ1) is 24.3. The molecule has 0 aromatic carbocycles. The lowest BCUT2D eigenvalue weighted by atomic mass is 10.0. The highest BCUT2D eigenvalue weighted by atomic mass is 16.4. The van der Waals surface area contributed by atoms with Crippen LogP contribution in [-0.2, 0) is 24.0 Å². The predicted octanol–water partition coefficient (Wildman–Crippen LogP) is -3.00. The first-order valence-electron chi connectivity index (χ1n) is 8.12. The first-order chi connectivity index (χ1) is 12.4. The van der Waals surface area contributed by atoms with Crippen LogP contribution in [0.3, 0.4) is 0 Å². The van der Waals surface area contributed by atoms with Gasteiger partial charge in [0.25, 0.3) is 0 Å². The summed E-state index contributed by atoms with van der Waals surface area (Å²) in [6.07, 6.45) is -2.04. The van der Waals surface area contributed by atoms with Crippen LogP contribution in [0.15, 0.2) is 0 Å². The summed E-state index contributed by atoms with van der Waals surface area (Å²) in [5.74, 6) is -5.59. The molecule has 154 valence electrons. The molecule has 0 aromatic heterocycles. The zero-order valence-electron chi connectivity index (χ0n) is 15.3. The molecule has 3 amide bonds. The van der Waals surface area contributed by atoms with Crippen molar-refractivity contribution in [2.24, 2.45) is 11.7 Å². The van der Waals surface area contributed by atoms with E-state index in [4.69, 9.17) is 15.9 Å². The molecular weight excluding hydrogens is 364 g/mol. The van der Waals surface area contributed by atoms with Gasteiger partial charge in [-0.2, -0.15) is 0 Å². The van der Waals surface area contributed by atoms with Crippen LogP contribution in [0.2, 0.25) is 0 Å². The highest BCUT2D eigenvalue weighted by molar-refractivity contribution is 5.93. The zero-order valence-corrected chi connectivity index (χ0v) is 15.3. The van der Waals surface area contributed by atoms with E-state index in [1.807, 2.05) is 0 Å². The average Bonchev–Trinajstić information content (AvgIpc) is 2.53. The van der Waals surface area contributed by atoms with E-state index >= 15 is 0 Å². The number of aliphatic hydroxyl groups is 1. The SMILES string of the molecule is CC(C)C(NC(=O)CNC(=O)C(NC(=O)C(N)CC(=O)O)C(C)O)C(=O)O. The second-order valence-electron chi connectivity index (χ2n) is 6.28. The van der Waals surface area contributed by atoms with E-state index in [0.717, 1.165) is 0 Å². The maximum atomic E-state index is 12.1. The summed E-state index contributed by atoms with van der Waals surface area (Å²) in [6.45, 7) is 3.80. The lowest BCUT2D eigenvalue weighted by Gasteiger charge is -2.23. The molecule has 0 heterocycles. The van der Waals surface area contributed by atoms with Crippen molar-refractivity contribution in [3.63, 3.8) is 0 Å². The summed E-state index contributed by atoms with van der Waals surface area (Å²) in [6, 6.07) is -4.05. The third kappa shape index (κ3) is 8.96. The van der Waals surface area contributed by atoms with Crippen molar-refractivity contribution in [2.45, 2.75) is 51.4 Å². The first-order valence-corrected chi connectivity index (χ1v) is 8.12. The molecule has 0 aromatic rings. The zero-order chi connectivity index (χ0) is 21.3. The Morgan fingerprint density at radius 3 is 1.89 bits per heavy atom. The van der Waals surface area contributed by atoms with Crippen LogP contribution in [-0.4, -0.2) is 75.8 Å². The fourth-order valence-corrected chi connectivity index (χ4v) is 1.96. The normalized spacial score (nSPS) is 15.2. The number of carbonyl (C=O) groups is 5. The number of aliphatic hydroxyl groups excluding tert-OH is 1. The summed E-state index contributed by atoms with van der Waals surface area (Å²) in [7, 11) is 0. The third-order valence-corrected chi connectivity index (χ3v) is 3.47. The molecule has 12 heteroatoms. The summed E-state index contributed by atoms with van der Waals surface area (Å²) in [4.78, 5) is 57.3. The second-order valence-corrected chi connectivity index (χ2v) is 6.28. The van der Waals surface area contributed by atoms with Crippen LogP contribution in [0.1, 0.15) is 27.2 Å². The van der Waals surface area contributed by atoms with Crippen molar-refractivity contribution >= 4 is 29.7 Å². The van der Waals surface area contributed by atoms with Crippen molar-refractivity contribution in [3.05, 3.63) is 0 Å². The topological polar surface area (TPSA) is 208 Å². The van der Waals surface area contributed by atoms with Gasteiger partial charge >= 0.3 is 11.9 Å². The molecule has 0 saturated carbocycles. The Morgan fingerprint density at radius 1 is 0.926 bits per heavy atom. The van der Waals surface area contributed by atoms with Gasteiger partial charge in [0.2, 0.25) is 17.7 Å². The van der Waals surface area contributed by atoms with Gasteiger partial charge in [-0.1, -0.05) is 13.8 Å². The van der Waals surface area contributed by atoms with Gasteiger partial charge < -0.3 is 37.0 Å². The highest BCUT2D eigenvalue weighted by Crippen LogP contribution is 2.01. The van der Waals surface area contributed by atoms with E-state index < -0.39 is 66.9 Å². The second kappa shape index (κ2) is 11.1. The fraction of sp³-hybridized carbons (Fsp3) is 0.667. The molecule has 4 unspecified atom stereocenters. The number of rotatable bonds is 11. The number of nitrogens with one attached hydrogen (secondary N) is 3. The lowest BCUT2D eigenvalue weighted by molar-refractivity contribution is -0.143. The number of aliphatic carboxylic acids is 2. The van der Waals surface area contributed by atoms with Gasteiger partial charge in [0.15, 0.2) is 0 Å². The Hall–Kier alpha value is -2.73. The Labute approximate surface area is 155 Å². The van der Waals surface area contributed by atoms with E-state index in [0.29, 0.717) is 0 Å². The van der Waals surface area contributed by atoms with E-state index in [1.54, 1.807) is 13.8 Å². The smallest absolute Gasteiger partial charge is 0.326 e. The van der Waals surface area contributed by atoms with Crippen molar-refractivity contribution in [3.8, 4) is 0 Å². The van der Waals surface area contributed by atoms with Crippen molar-refractivity contribution in [1.82, 2.24) is 16.0 Å². The number of carbonyl (C=O) groups excluding carboxylic acids is 3. The number of carboxylic acids is 2. The van der Waals surface area contributed by atoms with Crippen LogP contribution >= 0.6 is 0 Å². The molecule has 0 bridgehead atoms. The van der Waals surface area contributed by atoms with E-state index in [-0.39, 0.29) is 5.92 Å². The molecule has 12 nitrogen and oxygen atoms in total. The van der Waals surface area contributed by atoms with Gasteiger partial charge in [0.05, 0.1) is 25.1 Å². The molecule has 0 aliphatic carbocycles. The van der Waals surface area contributed by atoms with Crippen molar-refractivity contribution in [2.75, 3.05) is 6.54 Å². The monoisotopic (exact) mass is 390 g/mol. The van der Waals surface area contributed by atoms with Gasteiger partial charge in [-0.3, -0.25) is 19.2 Å². The molecule has 0 fully saturated rings. The molecular formula is C15H26N4O8. The maximum Gasteiger partial charge on any atom is 0.326 e. The number of amides is 3. The molecule has 0 aliphatic rings. The number of carboxylic acid groups (broad SMARTS) is 2. The molecule has 8 N–H and O–H groups in total. The van der Waals surface area contributed by atoms with Gasteiger partial charge in [-0.15, -0.1) is 0 Å². The Kier molecular flexibility index (Phi) is 9.96. The summed E-state index contributed by atoms with van der Waals surface area (Å²) >= 11 is 0. The minimum atomic E-state index is -1.48. The largest absolute Gasteiger partial charge is 0.481 e. The minimum absolute atomic E-state index is 0.387. The Balaban J connectivity index is 4.77. The third-order valence-electron chi connectivity index (χ3n) is 3.47. The van der Waals surface area contributed by atoms with Crippen LogP contribution < -0.4 is 21.7 Å². The van der Waals surface area contributed by atoms with Crippen LogP contribution in [0.25, 0.3) is 0 Å². The van der Waals surface area contributed by atoms with Crippen LogP contribution in [0, 0.1) is 5.92 Å². The fourth-order valence-electron chi connectivity index (χ4n) is 1.96. The Bertz CT molecular complexity index is 578. The molecule has 4 atom stereocenters. The summed E-state index contributed by atoms with van der Waals surface area (Å²) in [5, 5.41) is 33.7. The van der Waals surface area contributed by atoms with E-state index in [2.05, 4.69) is 16.0 Å². The number of nitrogens with two attached hydrogens (primary N) is 1. The van der Waals surface area contributed by atoms with Crippen LogP contribution in [0.5, 0.6) is 0 Å². The Morgan fingerprint density at radius 2 is 1.48 bits per heavy atom. The molecule has 0 spiro atoms. The quantitative estimate of drug-likeness (QED) is 0.191. The van der Waals surface area contributed by atoms with Gasteiger partial charge in [-0.05, 0) is 12.8 Å². The molecule has 0 aliphatic heterocycles. The van der Waals surface area contributed by atoms with Crippen molar-refractivity contribution < 1.29 is 39.3 Å². The average molecular weight is 390 g/mol. The minimum Gasteiger partial charge on any atom is -0.481 e. The van der Waals surface area contributed by atoms with Crippen molar-refractivity contribution in [1.29, 1.82) is 0 Å². The number of hydrogen-bond acceptors (Lipinski definition) is 7.